The molecule has 1 aromatic heterocycles. The third-order valence-corrected chi connectivity index (χ3v) is 7.64. The van der Waals surface area contributed by atoms with Crippen LogP contribution in [0.1, 0.15) is 19.3 Å². The minimum absolute atomic E-state index is 0.269. The van der Waals surface area contributed by atoms with Crippen molar-refractivity contribution in [3.8, 4) is 22.8 Å². The molecule has 9 nitrogen and oxygen atoms in total. The van der Waals surface area contributed by atoms with Crippen LogP contribution in [0.15, 0.2) is 30.3 Å². The number of aromatic nitrogens is 2. The summed E-state index contributed by atoms with van der Waals surface area (Å²) in [6, 6.07) is 10.5. The molecule has 2 aromatic rings. The van der Waals surface area contributed by atoms with Crippen molar-refractivity contribution in [3.63, 3.8) is 0 Å². The Hall–Kier alpha value is -2.91. The molecule has 2 aliphatic heterocycles. The lowest BCUT2D eigenvalue weighted by Crippen LogP contribution is -2.56. The quantitative estimate of drug-likeness (QED) is 0.596. The molecular formula is C26H36N6O3. The maximum Gasteiger partial charge on any atom is 0.236 e. The Bertz CT molecular complexity index is 997. The number of nitrogens with zero attached hydrogens (tertiary/aromatic N) is 6. The first kappa shape index (κ1) is 23.8. The van der Waals surface area contributed by atoms with Crippen LogP contribution in [-0.4, -0.2) is 110 Å². The Balaban J connectivity index is 1.10. The molecule has 1 aliphatic carbocycles. The summed E-state index contributed by atoms with van der Waals surface area (Å²) in [5.41, 5.74) is 1.72. The van der Waals surface area contributed by atoms with E-state index in [4.69, 9.17) is 9.47 Å². The molecule has 0 spiro atoms. The molecule has 0 atom stereocenters. The van der Waals surface area contributed by atoms with Gasteiger partial charge in [0.05, 0.1) is 26.5 Å². The zero-order valence-electron chi connectivity index (χ0n) is 20.9. The molecular weight excluding hydrogens is 444 g/mol. The van der Waals surface area contributed by atoms with Gasteiger partial charge < -0.3 is 19.3 Å². The van der Waals surface area contributed by atoms with E-state index >= 15 is 0 Å². The summed E-state index contributed by atoms with van der Waals surface area (Å²) in [5.74, 6) is 2.49. The van der Waals surface area contributed by atoms with Crippen LogP contribution in [-0.2, 0) is 4.79 Å². The Morgan fingerprint density at radius 3 is 2.23 bits per heavy atom. The van der Waals surface area contributed by atoms with E-state index in [-0.39, 0.29) is 5.91 Å². The third kappa shape index (κ3) is 5.36. The molecule has 0 radical (unpaired) electrons. The fourth-order valence-electron chi connectivity index (χ4n) is 5.16. The van der Waals surface area contributed by atoms with Crippen molar-refractivity contribution in [3.05, 3.63) is 30.3 Å². The van der Waals surface area contributed by atoms with E-state index in [0.717, 1.165) is 75.5 Å². The summed E-state index contributed by atoms with van der Waals surface area (Å²) in [5, 5.41) is 8.92. The summed E-state index contributed by atoms with van der Waals surface area (Å²) in [6.45, 7) is 7.71. The molecule has 5 rings (SSSR count). The van der Waals surface area contributed by atoms with Crippen LogP contribution < -0.4 is 14.4 Å². The highest BCUT2D eigenvalue weighted by molar-refractivity contribution is 5.78. The van der Waals surface area contributed by atoms with E-state index < -0.39 is 0 Å². The smallest absolute Gasteiger partial charge is 0.236 e. The minimum atomic E-state index is 0.269. The largest absolute Gasteiger partial charge is 0.493 e. The molecule has 188 valence electrons. The van der Waals surface area contributed by atoms with Crippen molar-refractivity contribution >= 4 is 11.7 Å². The summed E-state index contributed by atoms with van der Waals surface area (Å²) >= 11 is 0. The number of benzene rings is 1. The first-order valence-electron chi connectivity index (χ1n) is 12.7. The number of carbonyl (C=O) groups excluding carboxylic acids is 1. The van der Waals surface area contributed by atoms with Crippen LogP contribution in [0.2, 0.25) is 0 Å². The van der Waals surface area contributed by atoms with Gasteiger partial charge in [0.25, 0.3) is 0 Å². The Morgan fingerprint density at radius 1 is 0.886 bits per heavy atom. The van der Waals surface area contributed by atoms with Crippen molar-refractivity contribution in [2.24, 2.45) is 0 Å². The molecule has 0 bridgehead atoms. The van der Waals surface area contributed by atoms with Crippen molar-refractivity contribution in [1.82, 2.24) is 24.9 Å². The average molecular weight is 481 g/mol. The molecule has 1 saturated carbocycles. The number of anilines is 1. The lowest BCUT2D eigenvalue weighted by Gasteiger charge is -2.43. The Labute approximate surface area is 207 Å². The highest BCUT2D eigenvalue weighted by Crippen LogP contribution is 2.31. The molecule has 3 heterocycles. The van der Waals surface area contributed by atoms with Crippen LogP contribution in [0.5, 0.6) is 11.5 Å². The molecule has 0 unspecified atom stereocenters. The van der Waals surface area contributed by atoms with Crippen LogP contribution in [0, 0.1) is 0 Å². The summed E-state index contributed by atoms with van der Waals surface area (Å²) in [4.78, 5) is 22.0. The van der Waals surface area contributed by atoms with Crippen molar-refractivity contribution in [2.45, 2.75) is 25.3 Å². The Kier molecular flexibility index (Phi) is 7.34. The second-order valence-electron chi connectivity index (χ2n) is 9.61. The molecule has 2 saturated heterocycles. The van der Waals surface area contributed by atoms with Gasteiger partial charge in [-0.2, -0.15) is 0 Å². The topological polar surface area (TPSA) is 74.3 Å². The second-order valence-corrected chi connectivity index (χ2v) is 9.61. The monoisotopic (exact) mass is 480 g/mol. The van der Waals surface area contributed by atoms with E-state index in [0.29, 0.717) is 18.0 Å². The number of methoxy groups -OCH3 is 2. The average Bonchev–Trinajstić information content (AvgIpc) is 2.88. The molecule has 3 fully saturated rings. The number of amides is 1. The first-order valence-corrected chi connectivity index (χ1v) is 12.7. The predicted octanol–water partition coefficient (Wildman–Crippen LogP) is 1.98. The van der Waals surface area contributed by atoms with Crippen LogP contribution in [0.4, 0.5) is 5.82 Å². The molecule has 0 N–H and O–H groups in total. The normalized spacial score (nSPS) is 19.9. The number of hydrogen-bond donors (Lipinski definition) is 0. The fourth-order valence-corrected chi connectivity index (χ4v) is 5.16. The van der Waals surface area contributed by atoms with Gasteiger partial charge in [0.2, 0.25) is 5.91 Å². The van der Waals surface area contributed by atoms with E-state index in [9.17, 15) is 4.79 Å². The van der Waals surface area contributed by atoms with Crippen molar-refractivity contribution in [1.29, 1.82) is 0 Å². The van der Waals surface area contributed by atoms with Gasteiger partial charge in [-0.3, -0.25) is 14.6 Å². The van der Waals surface area contributed by atoms with Gasteiger partial charge in [-0.15, -0.1) is 10.2 Å². The number of ether oxygens (including phenoxy) is 2. The summed E-state index contributed by atoms with van der Waals surface area (Å²) in [6.07, 6.45) is 4.03. The Morgan fingerprint density at radius 2 is 1.63 bits per heavy atom. The third-order valence-electron chi connectivity index (χ3n) is 7.64. The minimum Gasteiger partial charge on any atom is -0.493 e. The van der Waals surface area contributed by atoms with Gasteiger partial charge in [0.15, 0.2) is 17.3 Å². The number of carbonyl (C=O) groups is 1. The lowest BCUT2D eigenvalue weighted by atomic mass is 9.91. The summed E-state index contributed by atoms with van der Waals surface area (Å²) < 4.78 is 10.7. The van der Waals surface area contributed by atoms with Gasteiger partial charge in [0, 0.05) is 64.0 Å². The van der Waals surface area contributed by atoms with Gasteiger partial charge in [0.1, 0.15) is 0 Å². The van der Waals surface area contributed by atoms with Gasteiger partial charge >= 0.3 is 0 Å². The standard InChI is InChI=1S/C26H36N6O3/c1-34-23-8-6-20(18-24(23)35-2)22-7-9-25(28-27-22)31-12-10-29(11-13-31)19-26(33)32-16-14-30(15-17-32)21-4-3-5-21/h6-9,18,21H,3-5,10-17,19H2,1-2H3. The zero-order valence-corrected chi connectivity index (χ0v) is 20.9. The van der Waals surface area contributed by atoms with Gasteiger partial charge in [-0.25, -0.2) is 0 Å². The highest BCUT2D eigenvalue weighted by atomic mass is 16.5. The van der Waals surface area contributed by atoms with E-state index in [1.165, 1.54) is 19.3 Å². The van der Waals surface area contributed by atoms with E-state index in [1.807, 2.05) is 30.3 Å². The molecule has 1 amide bonds. The number of hydrogen-bond acceptors (Lipinski definition) is 8. The van der Waals surface area contributed by atoms with Crippen LogP contribution >= 0.6 is 0 Å². The highest BCUT2D eigenvalue weighted by Gasteiger charge is 2.30. The summed E-state index contributed by atoms with van der Waals surface area (Å²) in [7, 11) is 3.25. The predicted molar refractivity (Wildman–Crippen MR) is 135 cm³/mol. The van der Waals surface area contributed by atoms with Crippen molar-refractivity contribution < 1.29 is 14.3 Å². The molecule has 1 aromatic carbocycles. The van der Waals surface area contributed by atoms with Gasteiger partial charge in [-0.1, -0.05) is 6.42 Å². The first-order chi connectivity index (χ1) is 17.1. The zero-order chi connectivity index (χ0) is 24.2. The molecule has 3 aliphatic rings. The molecule has 35 heavy (non-hydrogen) atoms. The number of rotatable bonds is 7. The number of piperazine rings is 2. The SMILES string of the molecule is COc1ccc(-c2ccc(N3CCN(CC(=O)N4CCN(C5CCC5)CC4)CC3)nn2)cc1OC. The maximum atomic E-state index is 12.8. The maximum absolute atomic E-state index is 12.8. The van der Waals surface area contributed by atoms with Gasteiger partial charge in [-0.05, 0) is 43.2 Å². The second kappa shape index (κ2) is 10.8. The van der Waals surface area contributed by atoms with Crippen LogP contribution in [0.3, 0.4) is 0 Å². The van der Waals surface area contributed by atoms with E-state index in [1.54, 1.807) is 14.2 Å². The van der Waals surface area contributed by atoms with E-state index in [2.05, 4.69) is 29.8 Å². The van der Waals surface area contributed by atoms with Crippen LogP contribution in [0.25, 0.3) is 11.3 Å². The van der Waals surface area contributed by atoms with Crippen molar-refractivity contribution in [2.75, 3.05) is 78.0 Å². The lowest BCUT2D eigenvalue weighted by molar-refractivity contribution is -0.134. The fraction of sp³-hybridized carbons (Fsp3) is 0.577. The molecule has 9 heteroatoms.